The Morgan fingerprint density at radius 2 is 1.74 bits per heavy atom. The molecule has 0 saturated carbocycles. The standard InChI is InChI=1S/C26H19ClN2O5/c27-22-11-16(8-9-24(22)34-15-17-4-3-7-20(10-17)26(32)33)14-28-29-25(31)21-12-18-5-1-2-6-19(18)13-23(21)30/h1-14,30H,15H2,(H,29,31)(H,32,33). The summed E-state index contributed by atoms with van der Waals surface area (Å²) in [6.07, 6.45) is 1.42. The predicted octanol–water partition coefficient (Wildman–Crippen LogP) is 5.24. The zero-order valence-corrected chi connectivity index (χ0v) is 18.5. The number of ether oxygens (including phenoxy) is 1. The van der Waals surface area contributed by atoms with Crippen molar-refractivity contribution in [2.75, 3.05) is 0 Å². The molecule has 0 saturated heterocycles. The van der Waals surface area contributed by atoms with Crippen LogP contribution in [0, 0.1) is 0 Å². The zero-order chi connectivity index (χ0) is 24.1. The minimum atomic E-state index is -1.01. The first-order chi connectivity index (χ1) is 16.4. The molecule has 8 heteroatoms. The number of carboxylic acids is 1. The number of phenols is 1. The summed E-state index contributed by atoms with van der Waals surface area (Å²) in [5.74, 6) is -1.27. The van der Waals surface area contributed by atoms with Crippen LogP contribution in [0.15, 0.2) is 84.0 Å². The van der Waals surface area contributed by atoms with Crippen LogP contribution < -0.4 is 10.2 Å². The molecule has 1 amide bonds. The highest BCUT2D eigenvalue weighted by Gasteiger charge is 2.12. The number of nitrogens with zero attached hydrogens (tertiary/aromatic N) is 1. The van der Waals surface area contributed by atoms with E-state index in [1.807, 2.05) is 24.3 Å². The number of aromatic hydroxyl groups is 1. The van der Waals surface area contributed by atoms with Crippen molar-refractivity contribution < 1.29 is 24.5 Å². The molecule has 0 fully saturated rings. The maximum Gasteiger partial charge on any atom is 0.335 e. The molecule has 0 aliphatic heterocycles. The number of fused-ring (bicyclic) bond motifs is 1. The van der Waals surface area contributed by atoms with Crippen molar-refractivity contribution in [1.82, 2.24) is 5.43 Å². The Bertz CT molecular complexity index is 1420. The molecule has 0 aliphatic carbocycles. The number of amides is 1. The summed E-state index contributed by atoms with van der Waals surface area (Å²) in [5, 5.41) is 25.2. The molecule has 0 aliphatic rings. The number of carbonyl (C=O) groups excluding carboxylic acids is 1. The summed E-state index contributed by atoms with van der Waals surface area (Å²) in [6, 6.07) is 22.0. The molecule has 7 nitrogen and oxygen atoms in total. The first-order valence-corrected chi connectivity index (χ1v) is 10.6. The van der Waals surface area contributed by atoms with Gasteiger partial charge in [0, 0.05) is 0 Å². The van der Waals surface area contributed by atoms with Gasteiger partial charge in [-0.25, -0.2) is 10.2 Å². The number of benzene rings is 4. The largest absolute Gasteiger partial charge is 0.507 e. The fraction of sp³-hybridized carbons (Fsp3) is 0.0385. The lowest BCUT2D eigenvalue weighted by atomic mass is 10.1. The van der Waals surface area contributed by atoms with Crippen molar-refractivity contribution in [1.29, 1.82) is 0 Å². The summed E-state index contributed by atoms with van der Waals surface area (Å²) in [5.41, 5.74) is 4.00. The molecule has 0 aromatic heterocycles. The van der Waals surface area contributed by atoms with Gasteiger partial charge in [0.1, 0.15) is 18.1 Å². The third-order valence-electron chi connectivity index (χ3n) is 5.01. The predicted molar refractivity (Wildman–Crippen MR) is 130 cm³/mol. The van der Waals surface area contributed by atoms with Crippen molar-refractivity contribution in [3.63, 3.8) is 0 Å². The summed E-state index contributed by atoms with van der Waals surface area (Å²) in [7, 11) is 0. The van der Waals surface area contributed by atoms with Crippen LogP contribution in [-0.4, -0.2) is 28.3 Å². The highest BCUT2D eigenvalue weighted by atomic mass is 35.5. The van der Waals surface area contributed by atoms with Crippen molar-refractivity contribution in [2.24, 2.45) is 5.10 Å². The highest BCUT2D eigenvalue weighted by molar-refractivity contribution is 6.32. The molecule has 4 aromatic carbocycles. The average Bonchev–Trinajstić information content (AvgIpc) is 2.83. The first-order valence-electron chi connectivity index (χ1n) is 10.2. The molecule has 170 valence electrons. The van der Waals surface area contributed by atoms with E-state index in [2.05, 4.69) is 10.5 Å². The van der Waals surface area contributed by atoms with Gasteiger partial charge >= 0.3 is 5.97 Å². The molecular weight excluding hydrogens is 456 g/mol. The number of hydrazone groups is 1. The lowest BCUT2D eigenvalue weighted by Crippen LogP contribution is -2.17. The lowest BCUT2D eigenvalue weighted by molar-refractivity contribution is 0.0696. The number of rotatable bonds is 7. The molecule has 34 heavy (non-hydrogen) atoms. The maximum atomic E-state index is 12.4. The Kier molecular flexibility index (Phi) is 6.75. The second-order valence-corrected chi connectivity index (χ2v) is 7.81. The van der Waals surface area contributed by atoms with Gasteiger partial charge in [0.15, 0.2) is 0 Å². The van der Waals surface area contributed by atoms with Crippen molar-refractivity contribution in [2.45, 2.75) is 6.61 Å². The number of hydrogen-bond acceptors (Lipinski definition) is 5. The molecule has 0 atom stereocenters. The quantitative estimate of drug-likeness (QED) is 0.251. The molecular formula is C26H19ClN2O5. The SMILES string of the molecule is O=C(O)c1cccc(COc2ccc(C=NNC(=O)c3cc4ccccc4cc3O)cc2Cl)c1. The van der Waals surface area contributed by atoms with Gasteiger partial charge in [-0.15, -0.1) is 0 Å². The monoisotopic (exact) mass is 474 g/mol. The Hall–Kier alpha value is -4.36. The van der Waals surface area contributed by atoms with Gasteiger partial charge in [0.05, 0.1) is 22.4 Å². The van der Waals surface area contributed by atoms with Crippen LogP contribution in [0.3, 0.4) is 0 Å². The molecule has 3 N–H and O–H groups in total. The number of carbonyl (C=O) groups is 2. The van der Waals surface area contributed by atoms with E-state index in [1.54, 1.807) is 36.4 Å². The first kappa shape index (κ1) is 22.8. The second-order valence-electron chi connectivity index (χ2n) is 7.40. The van der Waals surface area contributed by atoms with Crippen molar-refractivity contribution in [3.05, 3.63) is 106 Å². The van der Waals surface area contributed by atoms with Crippen LogP contribution in [0.25, 0.3) is 10.8 Å². The van der Waals surface area contributed by atoms with E-state index in [1.165, 1.54) is 24.4 Å². The summed E-state index contributed by atoms with van der Waals surface area (Å²) >= 11 is 6.29. The van der Waals surface area contributed by atoms with Gasteiger partial charge in [-0.1, -0.05) is 48.0 Å². The number of hydrogen-bond donors (Lipinski definition) is 3. The number of nitrogens with one attached hydrogen (secondary N) is 1. The Morgan fingerprint density at radius 3 is 2.47 bits per heavy atom. The molecule has 0 unspecified atom stereocenters. The summed E-state index contributed by atoms with van der Waals surface area (Å²) in [4.78, 5) is 23.5. The topological polar surface area (TPSA) is 108 Å². The maximum absolute atomic E-state index is 12.4. The van der Waals surface area contributed by atoms with Crippen molar-refractivity contribution >= 4 is 40.5 Å². The smallest absolute Gasteiger partial charge is 0.335 e. The fourth-order valence-electron chi connectivity index (χ4n) is 3.31. The van der Waals surface area contributed by atoms with E-state index in [9.17, 15) is 14.7 Å². The lowest BCUT2D eigenvalue weighted by Gasteiger charge is -2.09. The summed E-state index contributed by atoms with van der Waals surface area (Å²) < 4.78 is 5.69. The third kappa shape index (κ3) is 5.33. The molecule has 0 spiro atoms. The van der Waals surface area contributed by atoms with Gasteiger partial charge in [0.25, 0.3) is 5.91 Å². The Balaban J connectivity index is 1.39. The van der Waals surface area contributed by atoms with E-state index >= 15 is 0 Å². The van der Waals surface area contributed by atoms with E-state index in [0.29, 0.717) is 21.9 Å². The normalized spacial score (nSPS) is 11.0. The zero-order valence-electron chi connectivity index (χ0n) is 17.7. The Morgan fingerprint density at radius 1 is 0.971 bits per heavy atom. The number of carboxylic acid groups (broad SMARTS) is 1. The highest BCUT2D eigenvalue weighted by Crippen LogP contribution is 2.27. The Labute approximate surface area is 199 Å². The van der Waals surface area contributed by atoms with Crippen LogP contribution in [0.2, 0.25) is 5.02 Å². The average molecular weight is 475 g/mol. The van der Waals surface area contributed by atoms with E-state index in [-0.39, 0.29) is 23.5 Å². The van der Waals surface area contributed by atoms with Crippen molar-refractivity contribution in [3.8, 4) is 11.5 Å². The van der Waals surface area contributed by atoms with E-state index in [0.717, 1.165) is 10.8 Å². The van der Waals surface area contributed by atoms with Crippen LogP contribution in [0.5, 0.6) is 11.5 Å². The molecule has 0 heterocycles. The van der Waals surface area contributed by atoms with E-state index < -0.39 is 11.9 Å². The molecule has 0 bridgehead atoms. The minimum absolute atomic E-state index is 0.115. The number of aromatic carboxylic acids is 1. The van der Waals surface area contributed by atoms with Gasteiger partial charge in [-0.3, -0.25) is 4.79 Å². The van der Waals surface area contributed by atoms with Gasteiger partial charge in [-0.05, 0) is 64.4 Å². The van der Waals surface area contributed by atoms with Crippen LogP contribution in [0.4, 0.5) is 0 Å². The van der Waals surface area contributed by atoms with Gasteiger partial charge < -0.3 is 14.9 Å². The summed E-state index contributed by atoms with van der Waals surface area (Å²) in [6.45, 7) is 0.152. The van der Waals surface area contributed by atoms with E-state index in [4.69, 9.17) is 21.4 Å². The second kappa shape index (κ2) is 10.1. The number of halogens is 1. The molecule has 4 rings (SSSR count). The van der Waals surface area contributed by atoms with Gasteiger partial charge in [-0.2, -0.15) is 5.10 Å². The van der Waals surface area contributed by atoms with Crippen LogP contribution in [-0.2, 0) is 6.61 Å². The minimum Gasteiger partial charge on any atom is -0.507 e. The third-order valence-corrected chi connectivity index (χ3v) is 5.31. The molecule has 4 aromatic rings. The van der Waals surface area contributed by atoms with Crippen LogP contribution in [0.1, 0.15) is 31.8 Å². The fourth-order valence-corrected chi connectivity index (χ4v) is 3.55. The number of phenolic OH excluding ortho intramolecular Hbond substituents is 1. The van der Waals surface area contributed by atoms with Gasteiger partial charge in [0.2, 0.25) is 0 Å². The van der Waals surface area contributed by atoms with Crippen LogP contribution >= 0.6 is 11.6 Å². The molecule has 0 radical (unpaired) electrons.